The van der Waals surface area contributed by atoms with E-state index in [0.717, 1.165) is 33.8 Å². The highest BCUT2D eigenvalue weighted by molar-refractivity contribution is 7.08. The Morgan fingerprint density at radius 2 is 1.81 bits per heavy atom. The van der Waals surface area contributed by atoms with Gasteiger partial charge in [0.1, 0.15) is 0 Å². The molecule has 4 aromatic rings. The van der Waals surface area contributed by atoms with E-state index in [-0.39, 0.29) is 11.9 Å². The van der Waals surface area contributed by atoms with Crippen LogP contribution in [0.1, 0.15) is 36.1 Å². The Labute approximate surface area is 185 Å². The Morgan fingerprint density at radius 1 is 1.03 bits per heavy atom. The quantitative estimate of drug-likeness (QED) is 0.426. The highest BCUT2D eigenvalue weighted by atomic mass is 32.1. The number of carbonyl (C=O) groups is 1. The predicted molar refractivity (Wildman–Crippen MR) is 124 cm³/mol. The van der Waals surface area contributed by atoms with Crippen molar-refractivity contribution in [1.29, 1.82) is 0 Å². The molecule has 0 unspecified atom stereocenters. The van der Waals surface area contributed by atoms with Crippen molar-refractivity contribution in [2.45, 2.75) is 26.3 Å². The van der Waals surface area contributed by atoms with E-state index in [1.54, 1.807) is 23.3 Å². The molecule has 0 saturated carbocycles. The molecule has 1 aliphatic heterocycles. The van der Waals surface area contributed by atoms with Gasteiger partial charge in [0, 0.05) is 36.0 Å². The van der Waals surface area contributed by atoms with E-state index in [1.165, 1.54) is 5.56 Å². The summed E-state index contributed by atoms with van der Waals surface area (Å²) in [5.74, 6) is -0.0733. The van der Waals surface area contributed by atoms with Gasteiger partial charge in [-0.15, -0.1) is 0 Å². The van der Waals surface area contributed by atoms with Gasteiger partial charge in [-0.2, -0.15) is 21.5 Å². The van der Waals surface area contributed by atoms with Crippen molar-refractivity contribution in [1.82, 2.24) is 14.8 Å². The van der Waals surface area contributed by atoms with Crippen LogP contribution in [0.5, 0.6) is 0 Å². The van der Waals surface area contributed by atoms with Crippen LogP contribution >= 0.6 is 11.3 Å². The maximum absolute atomic E-state index is 12.5. The third-order valence-electron chi connectivity index (χ3n) is 5.53. The van der Waals surface area contributed by atoms with Gasteiger partial charge in [0.15, 0.2) is 0 Å². The fraction of sp³-hybridized carbons (Fsp3) is 0.160. The fourth-order valence-electron chi connectivity index (χ4n) is 3.93. The number of aromatic nitrogens is 2. The van der Waals surface area contributed by atoms with E-state index in [1.807, 2.05) is 46.6 Å². The molecule has 31 heavy (non-hydrogen) atoms. The monoisotopic (exact) mass is 426 g/mol. The molecule has 154 valence electrons. The van der Waals surface area contributed by atoms with Gasteiger partial charge in [-0.05, 0) is 36.1 Å². The van der Waals surface area contributed by atoms with Crippen LogP contribution < -0.4 is 0 Å². The van der Waals surface area contributed by atoms with Crippen molar-refractivity contribution >= 4 is 23.0 Å². The second-order valence-corrected chi connectivity index (χ2v) is 8.50. The van der Waals surface area contributed by atoms with Crippen LogP contribution in [0, 0.1) is 6.92 Å². The Balaban J connectivity index is 1.59. The fourth-order valence-corrected chi connectivity index (χ4v) is 4.57. The molecule has 0 spiro atoms. The van der Waals surface area contributed by atoms with Crippen molar-refractivity contribution < 1.29 is 4.79 Å². The van der Waals surface area contributed by atoms with Crippen LogP contribution in [-0.2, 0) is 4.79 Å². The minimum atomic E-state index is -0.193. The lowest BCUT2D eigenvalue weighted by molar-refractivity contribution is -0.130. The molecule has 0 aliphatic carbocycles. The van der Waals surface area contributed by atoms with E-state index >= 15 is 0 Å². The van der Waals surface area contributed by atoms with E-state index < -0.39 is 0 Å². The average molecular weight is 427 g/mol. The van der Waals surface area contributed by atoms with Crippen LogP contribution in [0.3, 0.4) is 0 Å². The lowest BCUT2D eigenvalue weighted by Gasteiger charge is -2.20. The third kappa shape index (κ3) is 3.70. The van der Waals surface area contributed by atoms with Gasteiger partial charge in [-0.1, -0.05) is 48.0 Å². The van der Waals surface area contributed by atoms with Gasteiger partial charge in [0.05, 0.1) is 23.1 Å². The zero-order valence-corrected chi connectivity index (χ0v) is 18.2. The summed E-state index contributed by atoms with van der Waals surface area (Å²) in [5, 5.41) is 15.4. The standard InChI is InChI=1S/C25H22N4OS/c1-17-8-10-19(11-9-17)23-14-24(29(26-23)18(2)30)22-15-28(21-6-4-3-5-7-21)27-25(22)20-12-13-31-16-20/h3-13,15-16,24H,14H2,1-2H3/t24-/m1/s1. The molecule has 0 bridgehead atoms. The average Bonchev–Trinajstić information content (AvgIpc) is 3.53. The van der Waals surface area contributed by atoms with Gasteiger partial charge < -0.3 is 0 Å². The summed E-state index contributed by atoms with van der Waals surface area (Å²) in [6.45, 7) is 3.64. The molecule has 2 aromatic carbocycles. The molecule has 1 atom stereocenters. The number of rotatable bonds is 4. The Kier molecular flexibility index (Phi) is 5.00. The van der Waals surface area contributed by atoms with Gasteiger partial charge in [0.25, 0.3) is 0 Å². The number of hydrazone groups is 1. The lowest BCUT2D eigenvalue weighted by atomic mass is 9.97. The van der Waals surface area contributed by atoms with Crippen molar-refractivity contribution in [2.24, 2.45) is 5.10 Å². The molecule has 6 heteroatoms. The highest BCUT2D eigenvalue weighted by Gasteiger charge is 2.34. The molecule has 5 rings (SSSR count). The number of benzene rings is 2. The molecule has 1 aliphatic rings. The van der Waals surface area contributed by atoms with Gasteiger partial charge >= 0.3 is 0 Å². The topological polar surface area (TPSA) is 50.5 Å². The molecular formula is C25H22N4OS. The summed E-state index contributed by atoms with van der Waals surface area (Å²) in [6, 6.07) is 20.2. The summed E-state index contributed by atoms with van der Waals surface area (Å²) < 4.78 is 1.89. The normalized spacial score (nSPS) is 15.9. The summed E-state index contributed by atoms with van der Waals surface area (Å²) in [5.41, 5.74) is 7.10. The zero-order chi connectivity index (χ0) is 21.4. The van der Waals surface area contributed by atoms with E-state index in [0.29, 0.717) is 6.42 Å². The molecule has 0 fully saturated rings. The van der Waals surface area contributed by atoms with Gasteiger partial charge in [-0.3, -0.25) is 4.79 Å². The molecule has 5 nitrogen and oxygen atoms in total. The van der Waals surface area contributed by atoms with Crippen molar-refractivity contribution in [3.8, 4) is 16.9 Å². The number of hydrogen-bond acceptors (Lipinski definition) is 4. The van der Waals surface area contributed by atoms with Crippen LogP contribution in [0.15, 0.2) is 82.7 Å². The molecule has 0 N–H and O–H groups in total. The summed E-state index contributed by atoms with van der Waals surface area (Å²) in [7, 11) is 0. The number of hydrogen-bond donors (Lipinski definition) is 0. The second-order valence-electron chi connectivity index (χ2n) is 7.72. The number of aryl methyl sites for hydroxylation is 1. The maximum Gasteiger partial charge on any atom is 0.240 e. The molecule has 0 radical (unpaired) electrons. The summed E-state index contributed by atoms with van der Waals surface area (Å²) in [4.78, 5) is 12.5. The van der Waals surface area contributed by atoms with Crippen LogP contribution in [0.4, 0.5) is 0 Å². The van der Waals surface area contributed by atoms with E-state index in [9.17, 15) is 4.79 Å². The Bertz CT molecular complexity index is 1240. The molecule has 1 amide bonds. The highest BCUT2D eigenvalue weighted by Crippen LogP contribution is 2.38. The minimum Gasteiger partial charge on any atom is -0.273 e. The van der Waals surface area contributed by atoms with Crippen LogP contribution in [0.2, 0.25) is 0 Å². The number of nitrogens with zero attached hydrogens (tertiary/aromatic N) is 4. The number of amides is 1. The smallest absolute Gasteiger partial charge is 0.240 e. The van der Waals surface area contributed by atoms with Crippen LogP contribution in [0.25, 0.3) is 16.9 Å². The zero-order valence-electron chi connectivity index (χ0n) is 17.4. The first-order chi connectivity index (χ1) is 15.1. The maximum atomic E-state index is 12.5. The van der Waals surface area contributed by atoms with E-state index in [4.69, 9.17) is 10.2 Å². The Morgan fingerprint density at radius 3 is 2.48 bits per heavy atom. The largest absolute Gasteiger partial charge is 0.273 e. The lowest BCUT2D eigenvalue weighted by Crippen LogP contribution is -2.24. The van der Waals surface area contributed by atoms with Crippen molar-refractivity contribution in [3.63, 3.8) is 0 Å². The number of thiophene rings is 1. The summed E-state index contributed by atoms with van der Waals surface area (Å²) >= 11 is 1.64. The summed E-state index contributed by atoms with van der Waals surface area (Å²) in [6.07, 6.45) is 2.69. The van der Waals surface area contributed by atoms with Crippen molar-refractivity contribution in [2.75, 3.05) is 0 Å². The van der Waals surface area contributed by atoms with Gasteiger partial charge in [-0.25, -0.2) is 9.69 Å². The number of para-hydroxylation sites is 1. The Hall–Kier alpha value is -3.51. The van der Waals surface area contributed by atoms with Crippen LogP contribution in [-0.4, -0.2) is 26.4 Å². The predicted octanol–water partition coefficient (Wildman–Crippen LogP) is 5.61. The van der Waals surface area contributed by atoms with Gasteiger partial charge in [0.2, 0.25) is 5.91 Å². The molecular weight excluding hydrogens is 404 g/mol. The molecule has 3 heterocycles. The molecule has 0 saturated heterocycles. The van der Waals surface area contributed by atoms with E-state index in [2.05, 4.69) is 42.6 Å². The molecule has 2 aromatic heterocycles. The third-order valence-corrected chi connectivity index (χ3v) is 6.22. The first-order valence-corrected chi connectivity index (χ1v) is 11.2. The first kappa shape index (κ1) is 19.5. The SMILES string of the molecule is CC(=O)N1N=C(c2ccc(C)cc2)C[C@@H]1c1cn(-c2ccccc2)nc1-c1ccsc1. The second kappa shape index (κ2) is 7.96. The minimum absolute atomic E-state index is 0.0733. The number of carbonyl (C=O) groups excluding carboxylic acids is 1. The first-order valence-electron chi connectivity index (χ1n) is 10.2. The van der Waals surface area contributed by atoms with Crippen molar-refractivity contribution in [3.05, 3.63) is 94.3 Å².